The zero-order valence-corrected chi connectivity index (χ0v) is 10.8. The van der Waals surface area contributed by atoms with Crippen LogP contribution in [-0.4, -0.2) is 50.2 Å². The van der Waals surface area contributed by atoms with Gasteiger partial charge in [-0.05, 0) is 12.0 Å². The highest BCUT2D eigenvalue weighted by Gasteiger charge is 2.11. The smallest absolute Gasteiger partial charge is 0.307 e. The first-order valence-corrected chi connectivity index (χ1v) is 6.47. The molecule has 0 bridgehead atoms. The molecule has 1 aliphatic heterocycles. The highest BCUT2D eigenvalue weighted by atomic mass is 16.5. The van der Waals surface area contributed by atoms with Gasteiger partial charge in [-0.3, -0.25) is 4.79 Å². The molecular weight excluding hydrogens is 216 g/mol. The molecule has 1 aliphatic rings. The van der Waals surface area contributed by atoms with Crippen LogP contribution in [0, 0.1) is 0 Å². The van der Waals surface area contributed by atoms with Crippen LogP contribution in [0.4, 0.5) is 0 Å². The molecule has 0 spiro atoms. The van der Waals surface area contributed by atoms with E-state index >= 15 is 0 Å². The van der Waals surface area contributed by atoms with E-state index in [1.54, 1.807) is 0 Å². The second-order valence-electron chi connectivity index (χ2n) is 4.50. The van der Waals surface area contributed by atoms with Crippen LogP contribution < -0.4 is 5.32 Å². The Morgan fingerprint density at radius 3 is 2.71 bits per heavy atom. The molecule has 0 amide bonds. The average molecular weight is 240 g/mol. The molecule has 0 aromatic carbocycles. The number of esters is 1. The maximum Gasteiger partial charge on any atom is 0.307 e. The highest BCUT2D eigenvalue weighted by molar-refractivity contribution is 5.69. The third-order valence-corrected chi connectivity index (χ3v) is 2.88. The van der Waals surface area contributed by atoms with Gasteiger partial charge in [0.1, 0.15) is 6.61 Å². The van der Waals surface area contributed by atoms with Crippen molar-refractivity contribution in [2.75, 3.05) is 39.3 Å². The molecule has 0 radical (unpaired) electrons. The number of nitrogens with zero attached hydrogens (tertiary/aromatic N) is 1. The molecule has 1 N–H and O–H groups in total. The molecule has 1 rings (SSSR count). The van der Waals surface area contributed by atoms with E-state index in [9.17, 15) is 4.79 Å². The summed E-state index contributed by atoms with van der Waals surface area (Å²) in [6.45, 7) is 11.2. The average Bonchev–Trinajstić information content (AvgIpc) is 2.35. The van der Waals surface area contributed by atoms with Crippen LogP contribution in [0.2, 0.25) is 0 Å². The molecule has 0 atom stereocenters. The Bertz CT molecular complexity index is 248. The maximum absolute atomic E-state index is 11.5. The third kappa shape index (κ3) is 6.44. The predicted molar refractivity (Wildman–Crippen MR) is 68.9 cm³/mol. The molecule has 4 nitrogen and oxygen atoms in total. The van der Waals surface area contributed by atoms with E-state index < -0.39 is 0 Å². The summed E-state index contributed by atoms with van der Waals surface area (Å²) < 4.78 is 5.17. The Labute approximate surface area is 104 Å². The van der Waals surface area contributed by atoms with Crippen molar-refractivity contribution in [2.45, 2.75) is 26.2 Å². The number of rotatable bonds is 7. The van der Waals surface area contributed by atoms with Crippen molar-refractivity contribution in [3.63, 3.8) is 0 Å². The number of hydrogen-bond donors (Lipinski definition) is 1. The predicted octanol–water partition coefficient (Wildman–Crippen LogP) is 1.18. The van der Waals surface area contributed by atoms with Crippen molar-refractivity contribution in [2.24, 2.45) is 0 Å². The van der Waals surface area contributed by atoms with Crippen molar-refractivity contribution in [3.8, 4) is 0 Å². The van der Waals surface area contributed by atoms with E-state index in [1.807, 2.05) is 0 Å². The summed E-state index contributed by atoms with van der Waals surface area (Å²) in [6, 6.07) is 0. The number of piperazine rings is 1. The van der Waals surface area contributed by atoms with Crippen molar-refractivity contribution in [1.82, 2.24) is 10.2 Å². The summed E-state index contributed by atoms with van der Waals surface area (Å²) in [5.41, 5.74) is 1.00. The number of ether oxygens (including phenoxy) is 1. The minimum atomic E-state index is -0.110. The number of carbonyl (C=O) groups excluding carboxylic acids is 1. The second-order valence-corrected chi connectivity index (χ2v) is 4.50. The Hall–Kier alpha value is -0.870. The zero-order valence-electron chi connectivity index (χ0n) is 10.8. The van der Waals surface area contributed by atoms with E-state index in [-0.39, 0.29) is 5.97 Å². The first-order chi connectivity index (χ1) is 8.22. The van der Waals surface area contributed by atoms with Gasteiger partial charge in [0.05, 0.1) is 6.42 Å². The molecule has 4 heteroatoms. The fourth-order valence-electron chi connectivity index (χ4n) is 1.86. The molecular formula is C13H24N2O2. The first kappa shape index (κ1) is 14.2. The van der Waals surface area contributed by atoms with Crippen molar-refractivity contribution >= 4 is 5.97 Å². The quantitative estimate of drug-likeness (QED) is 0.536. The van der Waals surface area contributed by atoms with Crippen LogP contribution in [-0.2, 0) is 9.53 Å². The van der Waals surface area contributed by atoms with E-state index in [4.69, 9.17) is 4.74 Å². The number of carbonyl (C=O) groups is 1. The van der Waals surface area contributed by atoms with Gasteiger partial charge in [0.2, 0.25) is 0 Å². The van der Waals surface area contributed by atoms with Gasteiger partial charge in [-0.1, -0.05) is 19.9 Å². The molecule has 1 saturated heterocycles. The Morgan fingerprint density at radius 2 is 2.06 bits per heavy atom. The number of nitrogens with one attached hydrogen (secondary N) is 1. The zero-order chi connectivity index (χ0) is 12.5. The van der Waals surface area contributed by atoms with Gasteiger partial charge in [-0.2, -0.15) is 0 Å². The fourth-order valence-corrected chi connectivity index (χ4v) is 1.86. The van der Waals surface area contributed by atoms with Crippen LogP contribution in [0.3, 0.4) is 0 Å². The van der Waals surface area contributed by atoms with E-state index in [2.05, 4.69) is 23.7 Å². The molecule has 17 heavy (non-hydrogen) atoms. The van der Waals surface area contributed by atoms with Crippen molar-refractivity contribution in [3.05, 3.63) is 12.2 Å². The first-order valence-electron chi connectivity index (χ1n) is 6.47. The Morgan fingerprint density at radius 1 is 1.35 bits per heavy atom. The summed E-state index contributed by atoms with van der Waals surface area (Å²) in [5.74, 6) is -0.110. The summed E-state index contributed by atoms with van der Waals surface area (Å²) in [6.07, 6.45) is 2.47. The summed E-state index contributed by atoms with van der Waals surface area (Å²) in [4.78, 5) is 13.8. The Kier molecular flexibility index (Phi) is 6.89. The second kappa shape index (κ2) is 8.25. The standard InChI is InChI=1S/C13H24N2O2/c1-3-4-12(2)11-17-13(16)5-8-15-9-6-14-7-10-15/h14H,2-11H2,1H3. The van der Waals surface area contributed by atoms with Crippen LogP contribution in [0.5, 0.6) is 0 Å². The number of hydrogen-bond acceptors (Lipinski definition) is 4. The van der Waals surface area contributed by atoms with Crippen LogP contribution >= 0.6 is 0 Å². The molecule has 1 fully saturated rings. The topological polar surface area (TPSA) is 41.6 Å². The van der Waals surface area contributed by atoms with E-state index in [0.29, 0.717) is 13.0 Å². The van der Waals surface area contributed by atoms with Crippen LogP contribution in [0.25, 0.3) is 0 Å². The lowest BCUT2D eigenvalue weighted by Gasteiger charge is -2.26. The molecule has 0 unspecified atom stereocenters. The SMILES string of the molecule is C=C(CCC)COC(=O)CCN1CCNCC1. The lowest BCUT2D eigenvalue weighted by molar-refractivity contribution is -0.143. The lowest BCUT2D eigenvalue weighted by Crippen LogP contribution is -2.44. The van der Waals surface area contributed by atoms with Gasteiger partial charge in [0.15, 0.2) is 0 Å². The normalized spacial score (nSPS) is 16.8. The van der Waals surface area contributed by atoms with Crippen molar-refractivity contribution < 1.29 is 9.53 Å². The highest BCUT2D eigenvalue weighted by Crippen LogP contribution is 2.03. The van der Waals surface area contributed by atoms with Gasteiger partial charge >= 0.3 is 5.97 Å². The molecule has 0 aromatic heterocycles. The van der Waals surface area contributed by atoms with Gasteiger partial charge < -0.3 is 15.0 Å². The van der Waals surface area contributed by atoms with Gasteiger partial charge in [-0.25, -0.2) is 0 Å². The molecule has 1 heterocycles. The van der Waals surface area contributed by atoms with Crippen LogP contribution in [0.15, 0.2) is 12.2 Å². The maximum atomic E-state index is 11.5. The van der Waals surface area contributed by atoms with Gasteiger partial charge in [0, 0.05) is 32.7 Å². The summed E-state index contributed by atoms with van der Waals surface area (Å²) in [5, 5.41) is 3.29. The largest absolute Gasteiger partial charge is 0.461 e. The third-order valence-electron chi connectivity index (χ3n) is 2.88. The monoisotopic (exact) mass is 240 g/mol. The van der Waals surface area contributed by atoms with Gasteiger partial charge in [-0.15, -0.1) is 0 Å². The summed E-state index contributed by atoms with van der Waals surface area (Å²) in [7, 11) is 0. The fraction of sp³-hybridized carbons (Fsp3) is 0.769. The molecule has 0 aliphatic carbocycles. The van der Waals surface area contributed by atoms with Crippen LogP contribution in [0.1, 0.15) is 26.2 Å². The molecule has 98 valence electrons. The van der Waals surface area contributed by atoms with E-state index in [0.717, 1.165) is 51.1 Å². The van der Waals surface area contributed by atoms with Gasteiger partial charge in [0.25, 0.3) is 0 Å². The Balaban J connectivity index is 2.06. The lowest BCUT2D eigenvalue weighted by atomic mass is 10.2. The van der Waals surface area contributed by atoms with Crippen molar-refractivity contribution in [1.29, 1.82) is 0 Å². The molecule has 0 aromatic rings. The molecule has 0 saturated carbocycles. The minimum absolute atomic E-state index is 0.110. The minimum Gasteiger partial charge on any atom is -0.461 e. The summed E-state index contributed by atoms with van der Waals surface area (Å²) >= 11 is 0. The van der Waals surface area contributed by atoms with E-state index in [1.165, 1.54) is 0 Å².